The molecule has 0 amide bonds. The number of rotatable bonds is 1. The second-order valence-corrected chi connectivity index (χ2v) is 5.02. The maximum atomic E-state index is 11.4. The van der Waals surface area contributed by atoms with Gasteiger partial charge < -0.3 is 0 Å². The second-order valence-electron chi connectivity index (χ2n) is 5.02. The summed E-state index contributed by atoms with van der Waals surface area (Å²) in [5.41, 5.74) is 4.14. The summed E-state index contributed by atoms with van der Waals surface area (Å²) in [6.45, 7) is 6.53. The molecule has 0 saturated heterocycles. The minimum atomic E-state index is 0.0905. The maximum Gasteiger partial charge on any atom is 0.133 e. The summed E-state index contributed by atoms with van der Waals surface area (Å²) >= 11 is 0. The van der Waals surface area contributed by atoms with Gasteiger partial charge in [0.25, 0.3) is 0 Å². The van der Waals surface area contributed by atoms with Gasteiger partial charge in [0, 0.05) is 18.3 Å². The average molecular weight is 202 g/mol. The monoisotopic (exact) mass is 202 g/mol. The fraction of sp³-hybridized carbons (Fsp3) is 0.500. The van der Waals surface area contributed by atoms with Crippen LogP contribution < -0.4 is 0 Å². The molecule has 1 atom stereocenters. The van der Waals surface area contributed by atoms with E-state index in [2.05, 4.69) is 39.0 Å². The Morgan fingerprint density at radius 3 is 2.60 bits per heavy atom. The summed E-state index contributed by atoms with van der Waals surface area (Å²) in [4.78, 5) is 11.4. The van der Waals surface area contributed by atoms with Gasteiger partial charge in [-0.2, -0.15) is 0 Å². The first-order chi connectivity index (χ1) is 7.03. The lowest BCUT2D eigenvalue weighted by Crippen LogP contribution is -2.19. The first-order valence-corrected chi connectivity index (χ1v) is 5.61. The molecule has 0 heterocycles. The molecule has 0 aromatic heterocycles. The van der Waals surface area contributed by atoms with Crippen molar-refractivity contribution in [2.45, 2.75) is 45.4 Å². The molecule has 0 radical (unpaired) electrons. The molecule has 0 spiro atoms. The average Bonchev–Trinajstić information content (AvgIpc) is 2.52. The zero-order valence-corrected chi connectivity index (χ0v) is 9.76. The molecule has 2 rings (SSSR count). The van der Waals surface area contributed by atoms with Crippen LogP contribution in [0.4, 0.5) is 0 Å². The third kappa shape index (κ3) is 1.71. The van der Waals surface area contributed by atoms with Crippen LogP contribution in [0.3, 0.4) is 0 Å². The van der Waals surface area contributed by atoms with Gasteiger partial charge in [-0.25, -0.2) is 0 Å². The van der Waals surface area contributed by atoms with E-state index in [9.17, 15) is 4.79 Å². The molecular formula is C14H18O. The Labute approximate surface area is 91.5 Å². The molecule has 15 heavy (non-hydrogen) atoms. The molecule has 1 nitrogen and oxygen atoms in total. The number of aryl methyl sites for hydroxylation is 1. The smallest absolute Gasteiger partial charge is 0.133 e. The van der Waals surface area contributed by atoms with Gasteiger partial charge >= 0.3 is 0 Å². The number of ketones is 1. The van der Waals surface area contributed by atoms with Crippen molar-refractivity contribution >= 4 is 5.78 Å². The summed E-state index contributed by atoms with van der Waals surface area (Å²) in [6, 6.07) is 6.42. The minimum Gasteiger partial charge on any atom is -0.300 e. The van der Waals surface area contributed by atoms with Crippen molar-refractivity contribution in [1.29, 1.82) is 0 Å². The van der Waals surface area contributed by atoms with Crippen LogP contribution in [0.1, 0.15) is 42.9 Å². The van der Waals surface area contributed by atoms with E-state index in [1.54, 1.807) is 0 Å². The Morgan fingerprint density at radius 1 is 1.27 bits per heavy atom. The van der Waals surface area contributed by atoms with Crippen LogP contribution in [-0.4, -0.2) is 5.78 Å². The zero-order valence-electron chi connectivity index (χ0n) is 9.76. The molecule has 1 aromatic carbocycles. The number of hydrogen-bond donors (Lipinski definition) is 0. The Kier molecular flexibility index (Phi) is 2.41. The Balaban J connectivity index is 2.45. The highest BCUT2D eigenvalue weighted by Gasteiger charge is 2.36. The van der Waals surface area contributed by atoms with Gasteiger partial charge in [0.15, 0.2) is 0 Å². The van der Waals surface area contributed by atoms with Crippen LogP contribution in [0.15, 0.2) is 18.2 Å². The SMILES string of the molecule is Cc1cccc(C2(C)CCC(=O)C2)c1C. The summed E-state index contributed by atoms with van der Waals surface area (Å²) in [5.74, 6) is 0.415. The normalized spacial score (nSPS) is 25.9. The summed E-state index contributed by atoms with van der Waals surface area (Å²) in [6.07, 6.45) is 2.48. The number of carbonyl (C=O) groups excluding carboxylic acids is 1. The minimum absolute atomic E-state index is 0.0905. The highest BCUT2D eigenvalue weighted by atomic mass is 16.1. The van der Waals surface area contributed by atoms with Gasteiger partial charge in [-0.05, 0) is 37.0 Å². The lowest BCUT2D eigenvalue weighted by atomic mass is 9.78. The van der Waals surface area contributed by atoms with E-state index in [4.69, 9.17) is 0 Å². The lowest BCUT2D eigenvalue weighted by Gasteiger charge is -2.26. The Bertz CT molecular complexity index is 406. The van der Waals surface area contributed by atoms with Crippen molar-refractivity contribution in [2.24, 2.45) is 0 Å². The van der Waals surface area contributed by atoms with Crippen LogP contribution in [0.5, 0.6) is 0 Å². The largest absolute Gasteiger partial charge is 0.300 e. The molecule has 1 fully saturated rings. The predicted molar refractivity (Wildman–Crippen MR) is 62.1 cm³/mol. The van der Waals surface area contributed by atoms with Crippen molar-refractivity contribution in [2.75, 3.05) is 0 Å². The Morgan fingerprint density at radius 2 is 2.00 bits per heavy atom. The van der Waals surface area contributed by atoms with Crippen LogP contribution in [0.25, 0.3) is 0 Å². The van der Waals surface area contributed by atoms with Crippen LogP contribution >= 0.6 is 0 Å². The van der Waals surface area contributed by atoms with E-state index in [-0.39, 0.29) is 5.41 Å². The van der Waals surface area contributed by atoms with Gasteiger partial charge in [0.05, 0.1) is 0 Å². The van der Waals surface area contributed by atoms with Crippen molar-refractivity contribution in [3.8, 4) is 0 Å². The quantitative estimate of drug-likeness (QED) is 0.682. The van der Waals surface area contributed by atoms with Crippen LogP contribution in [0.2, 0.25) is 0 Å². The molecule has 0 bridgehead atoms. The number of benzene rings is 1. The van der Waals surface area contributed by atoms with Gasteiger partial charge in [0.2, 0.25) is 0 Å². The molecule has 0 aliphatic heterocycles. The first-order valence-electron chi connectivity index (χ1n) is 5.61. The zero-order chi connectivity index (χ0) is 11.1. The van der Waals surface area contributed by atoms with E-state index >= 15 is 0 Å². The summed E-state index contributed by atoms with van der Waals surface area (Å²) in [5, 5.41) is 0. The van der Waals surface area contributed by atoms with Crippen LogP contribution in [-0.2, 0) is 10.2 Å². The van der Waals surface area contributed by atoms with Crippen molar-refractivity contribution in [3.63, 3.8) is 0 Å². The standard InChI is InChI=1S/C14H18O/c1-10-5-4-6-13(11(10)2)14(3)8-7-12(15)9-14/h4-6H,7-9H2,1-3H3. The summed E-state index contributed by atoms with van der Waals surface area (Å²) < 4.78 is 0. The number of Topliss-reactive ketones (excluding diaryl/α,β-unsaturated/α-hetero) is 1. The van der Waals surface area contributed by atoms with E-state index in [1.807, 2.05) is 0 Å². The van der Waals surface area contributed by atoms with Crippen molar-refractivity contribution in [1.82, 2.24) is 0 Å². The molecular weight excluding hydrogens is 184 g/mol. The molecule has 1 aromatic rings. The second kappa shape index (κ2) is 3.48. The third-order valence-electron chi connectivity index (χ3n) is 3.80. The highest BCUT2D eigenvalue weighted by molar-refractivity contribution is 5.82. The fourth-order valence-electron chi connectivity index (χ4n) is 2.66. The van der Waals surface area contributed by atoms with Crippen molar-refractivity contribution in [3.05, 3.63) is 34.9 Å². The molecule has 1 aliphatic rings. The number of carbonyl (C=O) groups is 1. The van der Waals surface area contributed by atoms with E-state index < -0.39 is 0 Å². The third-order valence-corrected chi connectivity index (χ3v) is 3.80. The van der Waals surface area contributed by atoms with E-state index in [0.717, 1.165) is 19.3 Å². The predicted octanol–water partition coefficient (Wildman–Crippen LogP) is 3.31. The molecule has 1 aliphatic carbocycles. The topological polar surface area (TPSA) is 17.1 Å². The van der Waals surface area contributed by atoms with E-state index in [0.29, 0.717) is 5.78 Å². The fourth-order valence-corrected chi connectivity index (χ4v) is 2.66. The highest BCUT2D eigenvalue weighted by Crippen LogP contribution is 2.40. The van der Waals surface area contributed by atoms with Gasteiger partial charge in [0.1, 0.15) is 5.78 Å². The van der Waals surface area contributed by atoms with E-state index in [1.165, 1.54) is 16.7 Å². The summed E-state index contributed by atoms with van der Waals surface area (Å²) in [7, 11) is 0. The lowest BCUT2D eigenvalue weighted by molar-refractivity contribution is -0.117. The van der Waals surface area contributed by atoms with Gasteiger partial charge in [-0.15, -0.1) is 0 Å². The molecule has 1 unspecified atom stereocenters. The Hall–Kier alpha value is -1.11. The first kappa shape index (κ1) is 10.4. The van der Waals surface area contributed by atoms with Crippen molar-refractivity contribution < 1.29 is 4.79 Å². The van der Waals surface area contributed by atoms with Crippen LogP contribution in [0, 0.1) is 13.8 Å². The molecule has 0 N–H and O–H groups in total. The maximum absolute atomic E-state index is 11.4. The number of hydrogen-bond acceptors (Lipinski definition) is 1. The van der Waals surface area contributed by atoms with Gasteiger partial charge in [-0.1, -0.05) is 25.1 Å². The molecule has 1 heteroatoms. The molecule has 80 valence electrons. The molecule has 1 saturated carbocycles. The van der Waals surface area contributed by atoms with Gasteiger partial charge in [-0.3, -0.25) is 4.79 Å².